The number of rotatable bonds is 14. The average molecular weight is 872 g/mol. The van der Waals surface area contributed by atoms with E-state index in [1.165, 1.54) is 42.8 Å². The molecule has 19 nitrogen and oxygen atoms in total. The molecule has 63 heavy (non-hydrogen) atoms. The quantitative estimate of drug-likeness (QED) is 0.108. The summed E-state index contributed by atoms with van der Waals surface area (Å²) in [5, 5.41) is 106. The molecule has 0 aromatic heterocycles. The topological polar surface area (TPSA) is 308 Å². The molecule has 8 rings (SSSR count). The number of phenolic OH excluding ortho intramolecular Hbond substituents is 2. The molecule has 1 aliphatic carbocycles. The second kappa shape index (κ2) is 17.4. The number of fused-ring (bicyclic) bond motifs is 1. The highest BCUT2D eigenvalue weighted by Gasteiger charge is 2.69. The van der Waals surface area contributed by atoms with Crippen LogP contribution < -0.4 is 24.4 Å². The van der Waals surface area contributed by atoms with E-state index in [0.29, 0.717) is 29.7 Å². The van der Waals surface area contributed by atoms with Crippen LogP contribution >= 0.6 is 0 Å². The van der Waals surface area contributed by atoms with E-state index in [1.54, 1.807) is 36.4 Å². The largest absolute Gasteiger partial charge is 0.508 e. The fourth-order valence-electron chi connectivity index (χ4n) is 8.91. The molecule has 0 spiro atoms. The fourth-order valence-corrected chi connectivity index (χ4v) is 8.91. The Balaban J connectivity index is 1.10. The number of amidine groups is 1. The van der Waals surface area contributed by atoms with E-state index in [-0.39, 0.29) is 66.1 Å². The number of aliphatic imine (C=N–C) groups is 3. The summed E-state index contributed by atoms with van der Waals surface area (Å²) in [5.74, 6) is -3.33. The van der Waals surface area contributed by atoms with Crippen molar-refractivity contribution in [2.45, 2.75) is 87.2 Å². The number of carboxylic acid groups (broad SMARTS) is 1. The minimum absolute atomic E-state index is 0.0595. The van der Waals surface area contributed by atoms with Gasteiger partial charge < -0.3 is 69.6 Å². The first-order valence-electron chi connectivity index (χ1n) is 20.3. The predicted molar refractivity (Wildman–Crippen MR) is 222 cm³/mol. The number of aliphatic carboxylic acids is 1. The Morgan fingerprint density at radius 2 is 1.78 bits per heavy atom. The van der Waals surface area contributed by atoms with Crippen LogP contribution in [0, 0.1) is 5.41 Å². The normalized spacial score (nSPS) is 27.0. The summed E-state index contributed by atoms with van der Waals surface area (Å²) in [4.78, 5) is 25.5. The zero-order valence-corrected chi connectivity index (χ0v) is 33.6. The maximum Gasteiger partial charge on any atom is 0.336 e. The molecule has 332 valence electrons. The van der Waals surface area contributed by atoms with Crippen LogP contribution in [0.15, 0.2) is 87.8 Å². The van der Waals surface area contributed by atoms with Gasteiger partial charge in [-0.2, -0.15) is 0 Å². The smallest absolute Gasteiger partial charge is 0.336 e. The zero-order valence-electron chi connectivity index (χ0n) is 33.6. The number of carbonyl (C=O) groups is 1. The summed E-state index contributed by atoms with van der Waals surface area (Å²) in [6.07, 6.45) is -3.73. The van der Waals surface area contributed by atoms with Gasteiger partial charge in [-0.1, -0.05) is 43.5 Å². The van der Waals surface area contributed by atoms with E-state index in [1.807, 2.05) is 0 Å². The van der Waals surface area contributed by atoms with Crippen molar-refractivity contribution < 1.29 is 79.8 Å². The molecule has 1 unspecified atom stereocenters. The van der Waals surface area contributed by atoms with E-state index < -0.39 is 83.8 Å². The number of aromatic hydroxyl groups is 2. The molecule has 1 saturated carbocycles. The maximum atomic E-state index is 13.0. The molecule has 19 heteroatoms. The Morgan fingerprint density at radius 3 is 2.43 bits per heavy atom. The number of nitrogens with two attached hydrogens (primary N) is 1. The molecule has 8 atom stereocenters. The number of nitrogens with zero attached hydrogens (tertiary/aromatic N) is 3. The Hall–Kier alpha value is -6.35. The van der Waals surface area contributed by atoms with Gasteiger partial charge in [-0.25, -0.2) is 9.79 Å². The molecule has 3 aromatic rings. The molecule has 4 aliphatic heterocycles. The highest BCUT2D eigenvalue weighted by Crippen LogP contribution is 2.55. The lowest BCUT2D eigenvalue weighted by molar-refractivity contribution is -0.326. The molecule has 3 aromatic carbocycles. The third-order valence-corrected chi connectivity index (χ3v) is 12.1. The van der Waals surface area contributed by atoms with Gasteiger partial charge in [0.05, 0.1) is 18.9 Å². The first-order chi connectivity index (χ1) is 30.2. The van der Waals surface area contributed by atoms with E-state index in [9.17, 15) is 50.8 Å². The van der Waals surface area contributed by atoms with Gasteiger partial charge >= 0.3 is 11.8 Å². The van der Waals surface area contributed by atoms with E-state index in [2.05, 4.69) is 15.0 Å². The Bertz CT molecular complexity index is 2410. The van der Waals surface area contributed by atoms with Crippen molar-refractivity contribution in [1.29, 1.82) is 0 Å². The molecular formula is C44H47N4O15+. The van der Waals surface area contributed by atoms with Gasteiger partial charge in [-0.05, 0) is 59.3 Å². The number of aliphatic hydroxyl groups excluding tert-OH is 5. The van der Waals surface area contributed by atoms with Crippen molar-refractivity contribution in [2.75, 3.05) is 13.2 Å². The highest BCUT2D eigenvalue weighted by molar-refractivity contribution is 6.15. The van der Waals surface area contributed by atoms with E-state index in [0.717, 1.165) is 6.42 Å². The molecule has 11 N–H and O–H groups in total. The van der Waals surface area contributed by atoms with E-state index in [4.69, 9.17) is 29.1 Å². The van der Waals surface area contributed by atoms with Crippen LogP contribution in [0.25, 0.3) is 5.76 Å². The SMILES string of the molecule is [NH2+]=C1C=CC([C@@H](O)[C@H](CO)Oc2ccc(C3C=C(O)c4c(cc(O[C@@H]5O[C@H](C(=O)O)[C@](O)(C6(C7=NC=NC7)CCCCC6)[C@@H](O)[C@H]5O)c(OCc5cccc(O)c5)c4O)O3)cc2)=N1. The summed E-state index contributed by atoms with van der Waals surface area (Å²) < 4.78 is 30.1. The Labute approximate surface area is 359 Å². The highest BCUT2D eigenvalue weighted by atomic mass is 16.7. The molecule has 4 heterocycles. The van der Waals surface area contributed by atoms with Crippen LogP contribution in [0.2, 0.25) is 0 Å². The summed E-state index contributed by atoms with van der Waals surface area (Å²) in [6, 6.07) is 13.5. The van der Waals surface area contributed by atoms with Crippen molar-refractivity contribution in [3.05, 3.63) is 89.5 Å². The molecule has 2 fully saturated rings. The molecule has 0 bridgehead atoms. The fraction of sp³-hybridized carbons (Fsp3) is 0.386. The Kier molecular flexibility index (Phi) is 12.0. The molecule has 0 amide bonds. The monoisotopic (exact) mass is 871 g/mol. The van der Waals surface area contributed by atoms with Crippen LogP contribution in [0.1, 0.15) is 54.9 Å². The van der Waals surface area contributed by atoms with Crippen molar-refractivity contribution >= 4 is 35.3 Å². The van der Waals surface area contributed by atoms with Gasteiger partial charge in [-0.3, -0.25) is 10.4 Å². The summed E-state index contributed by atoms with van der Waals surface area (Å²) >= 11 is 0. The zero-order chi connectivity index (χ0) is 44.6. The first kappa shape index (κ1) is 43.3. The second-order valence-electron chi connectivity index (χ2n) is 15.9. The second-order valence-corrected chi connectivity index (χ2v) is 15.9. The summed E-state index contributed by atoms with van der Waals surface area (Å²) in [7, 11) is 0. The van der Waals surface area contributed by atoms with Gasteiger partial charge in [-0.15, -0.1) is 0 Å². The van der Waals surface area contributed by atoms with Crippen molar-refractivity contribution in [3.8, 4) is 34.5 Å². The van der Waals surface area contributed by atoms with Crippen LogP contribution in [-0.2, 0) is 16.1 Å². The number of carboxylic acids is 1. The van der Waals surface area contributed by atoms with Gasteiger partial charge in [0.1, 0.15) is 65.4 Å². The molecular weight excluding hydrogens is 824 g/mol. The third kappa shape index (κ3) is 7.98. The van der Waals surface area contributed by atoms with E-state index >= 15 is 0 Å². The van der Waals surface area contributed by atoms with Gasteiger partial charge in [0.2, 0.25) is 12.0 Å². The number of aliphatic hydroxyl groups is 6. The van der Waals surface area contributed by atoms with Crippen LogP contribution in [-0.4, -0.2) is 131 Å². The molecule has 5 aliphatic rings. The van der Waals surface area contributed by atoms with Gasteiger partial charge in [0, 0.05) is 23.6 Å². The summed E-state index contributed by atoms with van der Waals surface area (Å²) in [5.41, 5.74) is -2.73. The number of ether oxygens (including phenoxy) is 5. The minimum Gasteiger partial charge on any atom is -0.508 e. The van der Waals surface area contributed by atoms with Crippen molar-refractivity contribution in [2.24, 2.45) is 20.4 Å². The standard InChI is InChI=1S/C44H46N4O15/c45-33-12-11-26(48-33)35(52)31(19-49)60-25-9-7-23(8-10-25)28-16-27(51)34-29(61-28)17-30(38(36(34)53)59-20-22-5-4-6-24(50)15-22)62-42-37(54)39(55)44(58,40(63-42)41(56)57)43(13-2-1-3-14-43)32-18-46-21-47-32/h4-12,15-17,21,28,31,35,37,39-40,42,45,49-55,58H,1-3,13-14,18-20H2,(H,56,57)/p+1/t28?,31-,35+,37+,39-,40+,42+,44-/m0/s1. The van der Waals surface area contributed by atoms with Gasteiger partial charge in [0.25, 0.3) is 0 Å². The predicted octanol–water partition coefficient (Wildman–Crippen LogP) is 1.05. The van der Waals surface area contributed by atoms with Crippen LogP contribution in [0.5, 0.6) is 34.5 Å². The molecule has 0 radical (unpaired) electrons. The lowest BCUT2D eigenvalue weighted by atomic mass is 9.55. The average Bonchev–Trinajstić information content (AvgIpc) is 3.98. The Morgan fingerprint density at radius 1 is 1.02 bits per heavy atom. The lowest BCUT2D eigenvalue weighted by Crippen LogP contribution is -2.76. The first-order valence-corrected chi connectivity index (χ1v) is 20.3. The number of phenols is 2. The third-order valence-electron chi connectivity index (χ3n) is 12.1. The lowest BCUT2D eigenvalue weighted by Gasteiger charge is -2.57. The van der Waals surface area contributed by atoms with Crippen LogP contribution in [0.3, 0.4) is 0 Å². The van der Waals surface area contributed by atoms with Crippen molar-refractivity contribution in [1.82, 2.24) is 0 Å². The molecule has 1 saturated heterocycles. The van der Waals surface area contributed by atoms with Crippen molar-refractivity contribution in [3.63, 3.8) is 0 Å². The number of hydrogen-bond acceptors (Lipinski definition) is 16. The number of hydrogen-bond donors (Lipinski definition) is 10. The maximum absolute atomic E-state index is 13.0. The van der Waals surface area contributed by atoms with Crippen LogP contribution in [0.4, 0.5) is 0 Å². The van der Waals surface area contributed by atoms with Gasteiger partial charge in [0.15, 0.2) is 35.5 Å². The number of benzene rings is 3. The minimum atomic E-state index is -2.60. The summed E-state index contributed by atoms with van der Waals surface area (Å²) in [6.45, 7) is -0.760.